The number of alkyl halides is 3. The Labute approximate surface area is 237 Å². The average Bonchev–Trinajstić information content (AvgIpc) is 3.31. The van der Waals surface area contributed by atoms with Gasteiger partial charge in [-0.05, 0) is 48.7 Å². The Morgan fingerprint density at radius 1 is 0.881 bits per heavy atom. The van der Waals surface area contributed by atoms with Crippen LogP contribution in [0.5, 0.6) is 0 Å². The molecule has 0 atom stereocenters. The lowest BCUT2D eigenvalue weighted by atomic mass is 10.00. The first-order valence-corrected chi connectivity index (χ1v) is 12.9. The molecule has 0 radical (unpaired) electrons. The first-order chi connectivity index (χ1) is 20.1. The highest BCUT2D eigenvalue weighted by atomic mass is 19.4. The second-order valence-electron chi connectivity index (χ2n) is 9.71. The van der Waals surface area contributed by atoms with Gasteiger partial charge in [0.1, 0.15) is 22.9 Å². The Bertz CT molecular complexity index is 1980. The molecule has 0 aliphatic rings. The fraction of sp³-hybridized carbons (Fsp3) is 0.0645. The molecule has 8 nitrogen and oxygen atoms in total. The maximum Gasteiger partial charge on any atom is 0.416 e. The summed E-state index contributed by atoms with van der Waals surface area (Å²) in [7, 11) is 0. The number of carbonyl (C=O) groups is 1. The standard InChI is InChI=1S/C31H24F3N7O/c1-17-38-27(28-29(36)37-16-26(41(17)28)18-9-11-20(35)12-10-18)24-13-14-25(23-8-3-2-7-22(23)24)40-30(42)39-21-6-4-5-19(15-21)31(32,33)34/h2-16H,35H2,1H3,(H2,36,37)(H2,39,40,42). The molecule has 2 aromatic heterocycles. The summed E-state index contributed by atoms with van der Waals surface area (Å²) in [6.07, 6.45) is -2.83. The summed E-state index contributed by atoms with van der Waals surface area (Å²) in [5.41, 5.74) is 16.3. The van der Waals surface area contributed by atoms with Crippen LogP contribution in [0.25, 0.3) is 38.8 Å². The normalized spacial score (nSPS) is 11.6. The highest BCUT2D eigenvalue weighted by Crippen LogP contribution is 2.38. The lowest BCUT2D eigenvalue weighted by Crippen LogP contribution is -2.20. The SMILES string of the molecule is Cc1nc(-c2ccc(NC(=O)Nc3cccc(C(F)(F)F)c3)c3ccccc23)c2c(N)ncc(-c3ccc(N)cc3)n12. The molecule has 210 valence electrons. The first kappa shape index (κ1) is 26.6. The maximum atomic E-state index is 13.1. The molecule has 0 saturated heterocycles. The van der Waals surface area contributed by atoms with Crippen LogP contribution in [-0.2, 0) is 6.18 Å². The second-order valence-corrected chi connectivity index (χ2v) is 9.71. The van der Waals surface area contributed by atoms with Gasteiger partial charge in [-0.1, -0.05) is 48.5 Å². The number of rotatable bonds is 4. The molecule has 0 aliphatic carbocycles. The van der Waals surface area contributed by atoms with Crippen molar-refractivity contribution >= 4 is 45.2 Å². The van der Waals surface area contributed by atoms with Crippen molar-refractivity contribution < 1.29 is 18.0 Å². The van der Waals surface area contributed by atoms with Gasteiger partial charge in [0.05, 0.1) is 23.1 Å². The number of carbonyl (C=O) groups excluding carboxylic acids is 1. The molecule has 6 aromatic rings. The molecular formula is C31H24F3N7O. The summed E-state index contributed by atoms with van der Waals surface area (Å²) in [6.45, 7) is 1.88. The van der Waals surface area contributed by atoms with Crippen molar-refractivity contribution in [1.82, 2.24) is 14.4 Å². The number of nitrogens with two attached hydrogens (primary N) is 2. The van der Waals surface area contributed by atoms with Crippen molar-refractivity contribution in [3.8, 4) is 22.5 Å². The van der Waals surface area contributed by atoms with Crippen molar-refractivity contribution in [1.29, 1.82) is 0 Å². The van der Waals surface area contributed by atoms with E-state index in [0.717, 1.165) is 34.3 Å². The predicted octanol–water partition coefficient (Wildman–Crippen LogP) is 7.35. The number of nitrogens with zero attached hydrogens (tertiary/aromatic N) is 3. The third kappa shape index (κ3) is 4.81. The zero-order valence-corrected chi connectivity index (χ0v) is 22.2. The number of nitrogens with one attached hydrogen (secondary N) is 2. The molecule has 6 rings (SSSR count). The topological polar surface area (TPSA) is 123 Å². The van der Waals surface area contributed by atoms with Gasteiger partial charge in [-0.25, -0.2) is 14.8 Å². The Morgan fingerprint density at radius 2 is 1.62 bits per heavy atom. The Hall–Kier alpha value is -5.58. The lowest BCUT2D eigenvalue weighted by molar-refractivity contribution is -0.137. The maximum absolute atomic E-state index is 13.1. The van der Waals surface area contributed by atoms with E-state index in [4.69, 9.17) is 16.5 Å². The molecule has 0 fully saturated rings. The highest BCUT2D eigenvalue weighted by molar-refractivity contribution is 6.11. The molecule has 0 bridgehead atoms. The van der Waals surface area contributed by atoms with Gasteiger partial charge in [-0.2, -0.15) is 13.2 Å². The number of benzene rings is 4. The monoisotopic (exact) mass is 567 g/mol. The number of hydrogen-bond donors (Lipinski definition) is 4. The van der Waals surface area contributed by atoms with Crippen molar-refractivity contribution in [3.63, 3.8) is 0 Å². The molecule has 0 saturated carbocycles. The van der Waals surface area contributed by atoms with Gasteiger partial charge in [0.2, 0.25) is 0 Å². The number of fused-ring (bicyclic) bond motifs is 2. The van der Waals surface area contributed by atoms with Gasteiger partial charge >= 0.3 is 12.2 Å². The van der Waals surface area contributed by atoms with Crippen LogP contribution in [0, 0.1) is 6.92 Å². The fourth-order valence-electron chi connectivity index (χ4n) is 5.03. The van der Waals surface area contributed by atoms with Crippen molar-refractivity contribution in [2.24, 2.45) is 0 Å². The van der Waals surface area contributed by atoms with Crippen LogP contribution in [0.4, 0.5) is 40.8 Å². The van der Waals surface area contributed by atoms with Gasteiger partial charge in [0.25, 0.3) is 0 Å². The van der Waals surface area contributed by atoms with Crippen LogP contribution >= 0.6 is 0 Å². The quantitative estimate of drug-likeness (QED) is 0.166. The summed E-state index contributed by atoms with van der Waals surface area (Å²) in [5, 5.41) is 6.72. The number of hydrogen-bond acceptors (Lipinski definition) is 5. The second kappa shape index (κ2) is 10.1. The third-order valence-electron chi connectivity index (χ3n) is 6.94. The van der Waals surface area contributed by atoms with Crippen LogP contribution in [0.3, 0.4) is 0 Å². The van der Waals surface area contributed by atoms with Crippen LogP contribution in [0.2, 0.25) is 0 Å². The molecule has 2 heterocycles. The summed E-state index contributed by atoms with van der Waals surface area (Å²) < 4.78 is 41.3. The molecule has 4 aromatic carbocycles. The van der Waals surface area contributed by atoms with Gasteiger partial charge in [0, 0.05) is 27.9 Å². The Morgan fingerprint density at radius 3 is 2.36 bits per heavy atom. The molecule has 6 N–H and O–H groups in total. The van der Waals surface area contributed by atoms with E-state index in [-0.39, 0.29) is 5.69 Å². The largest absolute Gasteiger partial charge is 0.416 e. The van der Waals surface area contributed by atoms with E-state index in [1.165, 1.54) is 12.1 Å². The lowest BCUT2D eigenvalue weighted by Gasteiger charge is -2.14. The van der Waals surface area contributed by atoms with E-state index in [2.05, 4.69) is 15.6 Å². The number of aryl methyl sites for hydroxylation is 1. The van der Waals surface area contributed by atoms with Crippen LogP contribution in [-0.4, -0.2) is 20.4 Å². The smallest absolute Gasteiger partial charge is 0.399 e. The van der Waals surface area contributed by atoms with Crippen molar-refractivity contribution in [2.75, 3.05) is 22.1 Å². The van der Waals surface area contributed by atoms with E-state index in [1.807, 2.05) is 65.9 Å². The number of imidazole rings is 1. The first-order valence-electron chi connectivity index (χ1n) is 12.9. The number of aromatic nitrogens is 3. The zero-order chi connectivity index (χ0) is 29.6. The molecule has 11 heteroatoms. The zero-order valence-electron chi connectivity index (χ0n) is 22.2. The summed E-state index contributed by atoms with van der Waals surface area (Å²) in [5.74, 6) is 1.00. The van der Waals surface area contributed by atoms with Gasteiger partial charge < -0.3 is 22.1 Å². The predicted molar refractivity (Wildman–Crippen MR) is 159 cm³/mol. The fourth-order valence-corrected chi connectivity index (χ4v) is 5.03. The van der Waals surface area contributed by atoms with Crippen molar-refractivity contribution in [3.05, 3.63) is 103 Å². The average molecular weight is 568 g/mol. The number of urea groups is 1. The van der Waals surface area contributed by atoms with Gasteiger partial charge in [-0.15, -0.1) is 0 Å². The van der Waals surface area contributed by atoms with E-state index in [9.17, 15) is 18.0 Å². The van der Waals surface area contributed by atoms with Gasteiger partial charge in [0.15, 0.2) is 0 Å². The highest BCUT2D eigenvalue weighted by Gasteiger charge is 2.30. The summed E-state index contributed by atoms with van der Waals surface area (Å²) in [6, 6.07) is 22.2. The van der Waals surface area contributed by atoms with Gasteiger partial charge in [-0.3, -0.25) is 4.40 Å². The molecular weight excluding hydrogens is 543 g/mol. The molecule has 0 aliphatic heterocycles. The van der Waals surface area contributed by atoms with E-state index in [0.29, 0.717) is 39.6 Å². The van der Waals surface area contributed by atoms with Crippen LogP contribution in [0.1, 0.15) is 11.4 Å². The number of nitrogen functional groups attached to an aromatic ring is 2. The summed E-state index contributed by atoms with van der Waals surface area (Å²) in [4.78, 5) is 22.1. The van der Waals surface area contributed by atoms with E-state index < -0.39 is 17.8 Å². The van der Waals surface area contributed by atoms with Crippen LogP contribution < -0.4 is 22.1 Å². The summed E-state index contributed by atoms with van der Waals surface area (Å²) >= 11 is 0. The Balaban J connectivity index is 1.40. The van der Waals surface area contributed by atoms with Crippen molar-refractivity contribution in [2.45, 2.75) is 13.1 Å². The third-order valence-corrected chi connectivity index (χ3v) is 6.94. The number of amides is 2. The minimum Gasteiger partial charge on any atom is -0.399 e. The van der Waals surface area contributed by atoms with E-state index in [1.54, 1.807) is 12.3 Å². The minimum atomic E-state index is -4.52. The number of halogens is 3. The molecule has 0 spiro atoms. The molecule has 0 unspecified atom stereocenters. The van der Waals surface area contributed by atoms with E-state index >= 15 is 0 Å². The Kier molecular flexibility index (Phi) is 6.41. The molecule has 2 amide bonds. The number of anilines is 4. The van der Waals surface area contributed by atoms with Crippen LogP contribution in [0.15, 0.2) is 91.1 Å². The molecule has 42 heavy (non-hydrogen) atoms. The minimum absolute atomic E-state index is 0.0167.